The largest absolute Gasteiger partial charge is 0.490 e. The number of nitrogens with one attached hydrogen (secondary N) is 3. The Morgan fingerprint density at radius 1 is 1.07 bits per heavy atom. The minimum Gasteiger partial charge on any atom is -0.490 e. The monoisotopic (exact) mass is 682 g/mol. The number of hydrogen-bond acceptors (Lipinski definition) is 10. The van der Waals surface area contributed by atoms with Crippen molar-refractivity contribution < 1.29 is 38.4 Å². The van der Waals surface area contributed by atoms with Gasteiger partial charge in [0.05, 0.1) is 48.3 Å². The highest BCUT2D eigenvalue weighted by Gasteiger charge is 2.32. The third-order valence-corrected chi connectivity index (χ3v) is 6.53. The maximum Gasteiger partial charge on any atom is 0.337 e. The molecule has 2 aromatic carbocycles. The lowest BCUT2D eigenvalue weighted by Crippen LogP contribution is -2.45. The maximum atomic E-state index is 12.4. The van der Waals surface area contributed by atoms with Gasteiger partial charge in [-0.15, -0.1) is 0 Å². The molecule has 0 aromatic heterocycles. The number of carbonyl (C=O) groups is 2. The van der Waals surface area contributed by atoms with Gasteiger partial charge in [-0.3, -0.25) is 5.43 Å². The predicted molar refractivity (Wildman–Crippen MR) is 160 cm³/mol. The van der Waals surface area contributed by atoms with Gasteiger partial charge in [0.1, 0.15) is 6.61 Å². The molecular formula is C28H35IN4O8. The van der Waals surface area contributed by atoms with Crippen molar-refractivity contribution in [1.29, 1.82) is 0 Å². The normalized spacial score (nSPS) is 15.6. The third-order valence-electron chi connectivity index (χ3n) is 5.73. The summed E-state index contributed by atoms with van der Waals surface area (Å²) in [4.78, 5) is 24.5. The van der Waals surface area contributed by atoms with Gasteiger partial charge >= 0.3 is 12.0 Å². The molecule has 0 aliphatic carbocycles. The third kappa shape index (κ3) is 8.39. The number of methoxy groups -OCH3 is 1. The van der Waals surface area contributed by atoms with E-state index in [0.717, 1.165) is 9.13 Å². The molecule has 2 aromatic rings. The second kappa shape index (κ2) is 15.3. The number of allylic oxidation sites excluding steroid dienone is 1. The van der Waals surface area contributed by atoms with Gasteiger partial charge < -0.3 is 39.4 Å². The first-order valence-electron chi connectivity index (χ1n) is 13.0. The first-order chi connectivity index (χ1) is 19.7. The number of ether oxygens (including phenoxy) is 5. The van der Waals surface area contributed by atoms with Crippen molar-refractivity contribution >= 4 is 40.8 Å². The van der Waals surface area contributed by atoms with Gasteiger partial charge in [-0.1, -0.05) is 6.07 Å². The topological polar surface area (TPSA) is 149 Å². The number of halogens is 1. The Hall–Kier alpha value is -3.72. The van der Waals surface area contributed by atoms with Crippen LogP contribution < -0.4 is 35.0 Å². The van der Waals surface area contributed by atoms with Gasteiger partial charge in [-0.2, -0.15) is 5.10 Å². The molecule has 0 saturated heterocycles. The van der Waals surface area contributed by atoms with E-state index in [1.807, 2.05) is 32.9 Å². The number of hydrazone groups is 1. The molecule has 4 N–H and O–H groups in total. The molecule has 2 atom stereocenters. The van der Waals surface area contributed by atoms with Crippen molar-refractivity contribution in [2.24, 2.45) is 5.10 Å². The second-order valence-corrected chi connectivity index (χ2v) is 9.77. The number of aliphatic hydroxyl groups excluding tert-OH is 1. The van der Waals surface area contributed by atoms with Crippen LogP contribution in [0.25, 0.3) is 0 Å². The van der Waals surface area contributed by atoms with Crippen LogP contribution in [0, 0.1) is 3.57 Å². The molecule has 1 heterocycles. The van der Waals surface area contributed by atoms with Gasteiger partial charge in [-0.25, -0.2) is 9.59 Å². The van der Waals surface area contributed by atoms with Crippen LogP contribution in [-0.4, -0.2) is 63.1 Å². The number of rotatable bonds is 14. The van der Waals surface area contributed by atoms with E-state index in [-0.39, 0.29) is 12.2 Å². The van der Waals surface area contributed by atoms with Crippen LogP contribution in [0.3, 0.4) is 0 Å². The molecule has 41 heavy (non-hydrogen) atoms. The fourth-order valence-corrected chi connectivity index (χ4v) is 4.81. The van der Waals surface area contributed by atoms with E-state index in [2.05, 4.69) is 43.8 Å². The minimum atomic E-state index is -1.13. The lowest BCUT2D eigenvalue weighted by molar-refractivity contribution is -0.136. The SMILES string of the molecule is CCOc1cc([C@@H]2NC(=O)NC(C)=C2C(=O)OC)ccc1OC[C@@H](O)N/N=C/c1cc(I)c(OCC)c(OCC)c1. The van der Waals surface area contributed by atoms with E-state index < -0.39 is 24.3 Å². The van der Waals surface area contributed by atoms with Crippen molar-refractivity contribution in [3.8, 4) is 23.0 Å². The number of aliphatic hydroxyl groups is 1. The van der Waals surface area contributed by atoms with Crippen molar-refractivity contribution in [3.05, 3.63) is 56.3 Å². The van der Waals surface area contributed by atoms with E-state index in [0.29, 0.717) is 54.1 Å². The Morgan fingerprint density at radius 3 is 2.46 bits per heavy atom. The molecule has 12 nitrogen and oxygen atoms in total. The number of carbonyl (C=O) groups excluding carboxylic acids is 2. The van der Waals surface area contributed by atoms with Gasteiger partial charge in [0.2, 0.25) is 0 Å². The molecule has 0 bridgehead atoms. The summed E-state index contributed by atoms with van der Waals surface area (Å²) in [6.07, 6.45) is 0.430. The number of esters is 1. The zero-order chi connectivity index (χ0) is 29.9. The van der Waals surface area contributed by atoms with E-state index >= 15 is 0 Å². The number of hydrogen-bond donors (Lipinski definition) is 4. The smallest absolute Gasteiger partial charge is 0.337 e. The molecule has 0 unspecified atom stereocenters. The van der Waals surface area contributed by atoms with Crippen LogP contribution in [0.4, 0.5) is 4.79 Å². The highest BCUT2D eigenvalue weighted by atomic mass is 127. The summed E-state index contributed by atoms with van der Waals surface area (Å²) in [6, 6.07) is 7.53. The van der Waals surface area contributed by atoms with Gasteiger partial charge in [0.15, 0.2) is 29.2 Å². The van der Waals surface area contributed by atoms with E-state index in [4.69, 9.17) is 23.7 Å². The molecule has 2 amide bonds. The Kier molecular flexibility index (Phi) is 11.9. The molecule has 222 valence electrons. The van der Waals surface area contributed by atoms with Crippen molar-refractivity contribution in [2.75, 3.05) is 33.5 Å². The van der Waals surface area contributed by atoms with Gasteiger partial charge in [0, 0.05) is 5.70 Å². The van der Waals surface area contributed by atoms with E-state index in [1.54, 1.807) is 31.3 Å². The van der Waals surface area contributed by atoms with E-state index in [1.165, 1.54) is 7.11 Å². The molecule has 0 saturated carbocycles. The lowest BCUT2D eigenvalue weighted by atomic mass is 9.95. The molecule has 0 fully saturated rings. The number of benzene rings is 2. The summed E-state index contributed by atoms with van der Waals surface area (Å²) in [5, 5.41) is 19.9. The van der Waals surface area contributed by atoms with Gasteiger partial charge in [0.25, 0.3) is 0 Å². The van der Waals surface area contributed by atoms with Crippen molar-refractivity contribution in [2.45, 2.75) is 40.0 Å². The Balaban J connectivity index is 1.70. The Morgan fingerprint density at radius 2 is 1.78 bits per heavy atom. The maximum absolute atomic E-state index is 12.4. The molecule has 1 aliphatic heterocycles. The fourth-order valence-electron chi connectivity index (χ4n) is 4.03. The van der Waals surface area contributed by atoms with Crippen molar-refractivity contribution in [3.63, 3.8) is 0 Å². The van der Waals surface area contributed by atoms with Crippen molar-refractivity contribution in [1.82, 2.24) is 16.1 Å². The molecule has 1 aliphatic rings. The minimum absolute atomic E-state index is 0.141. The summed E-state index contributed by atoms with van der Waals surface area (Å²) in [5.41, 5.74) is 4.66. The van der Waals surface area contributed by atoms with E-state index in [9.17, 15) is 14.7 Å². The second-order valence-electron chi connectivity index (χ2n) is 8.61. The number of nitrogens with zero attached hydrogens (tertiary/aromatic N) is 1. The first kappa shape index (κ1) is 31.8. The van der Waals surface area contributed by atoms with Crippen LogP contribution in [-0.2, 0) is 9.53 Å². The van der Waals surface area contributed by atoms with Crippen LogP contribution in [0.2, 0.25) is 0 Å². The van der Waals surface area contributed by atoms with Crippen LogP contribution in [0.15, 0.2) is 46.7 Å². The zero-order valence-corrected chi connectivity index (χ0v) is 25.7. The summed E-state index contributed by atoms with van der Waals surface area (Å²) in [7, 11) is 1.28. The van der Waals surface area contributed by atoms with Crippen LogP contribution in [0.5, 0.6) is 23.0 Å². The lowest BCUT2D eigenvalue weighted by Gasteiger charge is -2.28. The quantitative estimate of drug-likeness (QED) is 0.0771. The highest BCUT2D eigenvalue weighted by Crippen LogP contribution is 2.35. The molecule has 3 rings (SSSR count). The Labute approximate surface area is 252 Å². The summed E-state index contributed by atoms with van der Waals surface area (Å²) < 4.78 is 28.7. The van der Waals surface area contributed by atoms with Gasteiger partial charge in [-0.05, 0) is 85.7 Å². The average molecular weight is 683 g/mol. The predicted octanol–water partition coefficient (Wildman–Crippen LogP) is 3.61. The first-order valence-corrected chi connectivity index (χ1v) is 14.1. The summed E-state index contributed by atoms with van der Waals surface area (Å²) in [6.45, 7) is 8.46. The number of amides is 2. The fraction of sp³-hybridized carbons (Fsp3) is 0.393. The summed E-state index contributed by atoms with van der Waals surface area (Å²) >= 11 is 2.18. The van der Waals surface area contributed by atoms with Crippen LogP contribution >= 0.6 is 22.6 Å². The van der Waals surface area contributed by atoms with Crippen LogP contribution in [0.1, 0.15) is 44.9 Å². The Bertz CT molecular complexity index is 1300. The summed E-state index contributed by atoms with van der Waals surface area (Å²) in [5.74, 6) is 1.47. The molecule has 0 spiro atoms. The average Bonchev–Trinajstić information content (AvgIpc) is 2.93. The molecular weight excluding hydrogens is 647 g/mol. The standard InChI is InChI=1S/C28H35IN4O8/c1-6-38-21-13-18(25-24(27(35)37-5)16(4)31-28(36)32-25)9-10-20(21)41-15-23(34)33-30-14-17-11-19(29)26(40-8-3)22(12-17)39-7-2/h9-14,23,25,33-34H,6-8,15H2,1-5H3,(H2,31,32,36)/b30-14+/t23-,25+/m1/s1. The molecule has 0 radical (unpaired) electrons. The zero-order valence-electron chi connectivity index (χ0n) is 23.6. The number of urea groups is 1. The highest BCUT2D eigenvalue weighted by molar-refractivity contribution is 14.1. The molecule has 13 heteroatoms.